The van der Waals surface area contributed by atoms with E-state index in [2.05, 4.69) is 69.3 Å². The third-order valence-electron chi connectivity index (χ3n) is 5.36. The molecular weight excluding hydrogens is 404 g/mol. The molecule has 0 spiro atoms. The molecule has 4 nitrogen and oxygen atoms in total. The lowest BCUT2D eigenvalue weighted by molar-refractivity contribution is 0.0600. The first-order valence-electron chi connectivity index (χ1n) is 10.4. The van der Waals surface area contributed by atoms with Crippen molar-refractivity contribution in [3.8, 4) is 5.75 Å². The van der Waals surface area contributed by atoms with Crippen LogP contribution in [0.2, 0.25) is 5.04 Å². The van der Waals surface area contributed by atoms with E-state index in [0.29, 0.717) is 24.5 Å². The fraction of sp³-hybridized carbons (Fsp3) is 0.269. The molecule has 0 aliphatic carbocycles. The first kappa shape index (κ1) is 22.8. The van der Waals surface area contributed by atoms with Crippen LogP contribution in [-0.4, -0.2) is 34.6 Å². The summed E-state index contributed by atoms with van der Waals surface area (Å²) in [4.78, 5) is 11.6. The number of esters is 1. The van der Waals surface area contributed by atoms with Gasteiger partial charge >= 0.3 is 5.97 Å². The first-order valence-corrected chi connectivity index (χ1v) is 12.4. The summed E-state index contributed by atoms with van der Waals surface area (Å²) in [6.45, 7) is 7.65. The van der Waals surface area contributed by atoms with E-state index in [9.17, 15) is 4.79 Å². The highest BCUT2D eigenvalue weighted by Crippen LogP contribution is 2.36. The molecule has 0 fully saturated rings. The second-order valence-electron chi connectivity index (χ2n) is 8.38. The molecule has 0 amide bonds. The fourth-order valence-corrected chi connectivity index (χ4v) is 8.47. The van der Waals surface area contributed by atoms with Gasteiger partial charge in [-0.15, -0.1) is 0 Å². The van der Waals surface area contributed by atoms with Gasteiger partial charge in [0.25, 0.3) is 8.32 Å². The second-order valence-corrected chi connectivity index (χ2v) is 12.7. The lowest BCUT2D eigenvalue weighted by atomic mass is 10.2. The molecule has 0 N–H and O–H groups in total. The molecule has 3 aromatic rings. The van der Waals surface area contributed by atoms with Crippen LogP contribution in [0.1, 0.15) is 31.1 Å². The van der Waals surface area contributed by atoms with E-state index in [1.807, 2.05) is 12.1 Å². The highest BCUT2D eigenvalue weighted by molar-refractivity contribution is 6.99. The zero-order chi connectivity index (χ0) is 22.3. The average Bonchev–Trinajstić information content (AvgIpc) is 2.79. The predicted molar refractivity (Wildman–Crippen MR) is 127 cm³/mol. The van der Waals surface area contributed by atoms with Crippen LogP contribution in [0.25, 0.3) is 0 Å². The minimum absolute atomic E-state index is 0.0716. The van der Waals surface area contributed by atoms with Crippen molar-refractivity contribution in [2.24, 2.45) is 0 Å². The number of carbonyl (C=O) groups excluding carboxylic acids is 1. The molecule has 3 rings (SSSR count). The molecule has 0 bridgehead atoms. The SMILES string of the molecule is COC(=O)c1ccc(OCCO[Si](c2ccccc2)(c2ccccc2)C(C)(C)C)cc1. The smallest absolute Gasteiger partial charge is 0.337 e. The summed E-state index contributed by atoms with van der Waals surface area (Å²) < 4.78 is 17.4. The highest BCUT2D eigenvalue weighted by Gasteiger charge is 2.50. The monoisotopic (exact) mass is 434 g/mol. The number of hydrogen-bond acceptors (Lipinski definition) is 4. The van der Waals surface area contributed by atoms with Crippen molar-refractivity contribution in [3.05, 3.63) is 90.5 Å². The van der Waals surface area contributed by atoms with E-state index >= 15 is 0 Å². The molecule has 0 heterocycles. The van der Waals surface area contributed by atoms with Gasteiger partial charge in [0.2, 0.25) is 0 Å². The summed E-state index contributed by atoms with van der Waals surface area (Å²) in [5.41, 5.74) is 0.499. The summed E-state index contributed by atoms with van der Waals surface area (Å²) in [5, 5.41) is 2.42. The van der Waals surface area contributed by atoms with Gasteiger partial charge in [-0.3, -0.25) is 0 Å². The van der Waals surface area contributed by atoms with Gasteiger partial charge in [0.05, 0.1) is 19.3 Å². The van der Waals surface area contributed by atoms with Crippen molar-refractivity contribution in [1.29, 1.82) is 0 Å². The van der Waals surface area contributed by atoms with Gasteiger partial charge in [-0.1, -0.05) is 81.4 Å². The molecular formula is C26H30O4Si. The Morgan fingerprint density at radius 2 is 1.29 bits per heavy atom. The predicted octanol–water partition coefficient (Wildman–Crippen LogP) is 4.43. The average molecular weight is 435 g/mol. The van der Waals surface area contributed by atoms with Crippen LogP contribution in [0.5, 0.6) is 5.75 Å². The first-order chi connectivity index (χ1) is 14.9. The quantitative estimate of drug-likeness (QED) is 0.299. The van der Waals surface area contributed by atoms with Crippen molar-refractivity contribution in [2.45, 2.75) is 25.8 Å². The lowest BCUT2D eigenvalue weighted by Crippen LogP contribution is -2.66. The summed E-state index contributed by atoms with van der Waals surface area (Å²) in [5.74, 6) is 0.334. The molecule has 162 valence electrons. The van der Waals surface area contributed by atoms with Gasteiger partial charge in [0.1, 0.15) is 12.4 Å². The Labute approximate surface area is 185 Å². The van der Waals surface area contributed by atoms with Crippen LogP contribution in [0.4, 0.5) is 0 Å². The lowest BCUT2D eigenvalue weighted by Gasteiger charge is -2.43. The van der Waals surface area contributed by atoms with Crippen molar-refractivity contribution in [3.63, 3.8) is 0 Å². The molecule has 5 heteroatoms. The molecule has 3 aromatic carbocycles. The Morgan fingerprint density at radius 1 is 0.774 bits per heavy atom. The molecule has 0 unspecified atom stereocenters. The van der Waals surface area contributed by atoms with E-state index in [0.717, 1.165) is 0 Å². The van der Waals surface area contributed by atoms with Crippen LogP contribution < -0.4 is 15.1 Å². The van der Waals surface area contributed by atoms with Gasteiger partial charge in [-0.05, 0) is 39.7 Å². The standard InChI is InChI=1S/C26H30O4Si/c1-26(2,3)31(23-11-7-5-8-12-23,24-13-9-6-10-14-24)30-20-19-29-22-17-15-21(16-18-22)25(27)28-4/h5-18H,19-20H2,1-4H3. The summed E-state index contributed by atoms with van der Waals surface area (Å²) >= 11 is 0. The molecule has 0 saturated carbocycles. The Kier molecular flexibility index (Phi) is 7.31. The second kappa shape index (κ2) is 9.94. The zero-order valence-electron chi connectivity index (χ0n) is 18.6. The van der Waals surface area contributed by atoms with Gasteiger partial charge in [0.15, 0.2) is 0 Å². The van der Waals surface area contributed by atoms with E-state index in [1.165, 1.54) is 17.5 Å². The number of methoxy groups -OCH3 is 1. The Hall–Kier alpha value is -2.89. The number of rotatable bonds is 8. The zero-order valence-corrected chi connectivity index (χ0v) is 19.6. The van der Waals surface area contributed by atoms with E-state index in [1.54, 1.807) is 24.3 Å². The van der Waals surface area contributed by atoms with Crippen molar-refractivity contribution >= 4 is 24.7 Å². The largest absolute Gasteiger partial charge is 0.491 e. The molecule has 31 heavy (non-hydrogen) atoms. The summed E-state index contributed by atoms with van der Waals surface area (Å²) in [6, 6.07) is 28.0. The Morgan fingerprint density at radius 3 is 1.74 bits per heavy atom. The maximum Gasteiger partial charge on any atom is 0.337 e. The van der Waals surface area contributed by atoms with E-state index < -0.39 is 8.32 Å². The van der Waals surface area contributed by atoms with Crippen molar-refractivity contribution in [1.82, 2.24) is 0 Å². The number of carbonyl (C=O) groups is 1. The fourth-order valence-electron chi connectivity index (χ4n) is 3.92. The number of hydrogen-bond donors (Lipinski definition) is 0. The van der Waals surface area contributed by atoms with Crippen LogP contribution in [0.15, 0.2) is 84.9 Å². The van der Waals surface area contributed by atoms with Gasteiger partial charge < -0.3 is 13.9 Å². The van der Waals surface area contributed by atoms with Gasteiger partial charge in [0, 0.05) is 0 Å². The van der Waals surface area contributed by atoms with Crippen molar-refractivity contribution in [2.75, 3.05) is 20.3 Å². The van der Waals surface area contributed by atoms with E-state index in [-0.39, 0.29) is 11.0 Å². The molecule has 0 saturated heterocycles. The Balaban J connectivity index is 1.79. The molecule has 0 aliphatic heterocycles. The minimum atomic E-state index is -2.56. The van der Waals surface area contributed by atoms with Crippen LogP contribution in [0.3, 0.4) is 0 Å². The van der Waals surface area contributed by atoms with Crippen LogP contribution >= 0.6 is 0 Å². The van der Waals surface area contributed by atoms with Crippen molar-refractivity contribution < 1.29 is 18.7 Å². The molecule has 0 radical (unpaired) electrons. The summed E-state index contributed by atoms with van der Waals surface area (Å²) in [7, 11) is -1.19. The van der Waals surface area contributed by atoms with Gasteiger partial charge in [-0.25, -0.2) is 4.79 Å². The van der Waals surface area contributed by atoms with Gasteiger partial charge in [-0.2, -0.15) is 0 Å². The highest BCUT2D eigenvalue weighted by atomic mass is 28.4. The Bertz CT molecular complexity index is 924. The normalized spacial score (nSPS) is 11.7. The third-order valence-corrected chi connectivity index (χ3v) is 10.4. The molecule has 0 aliphatic rings. The molecule has 0 atom stereocenters. The topological polar surface area (TPSA) is 44.8 Å². The number of ether oxygens (including phenoxy) is 2. The van der Waals surface area contributed by atoms with Crippen LogP contribution in [0, 0.1) is 0 Å². The maximum atomic E-state index is 11.6. The summed E-state index contributed by atoms with van der Waals surface area (Å²) in [6.07, 6.45) is 0. The minimum Gasteiger partial charge on any atom is -0.491 e. The van der Waals surface area contributed by atoms with E-state index in [4.69, 9.17) is 13.9 Å². The van der Waals surface area contributed by atoms with Crippen LogP contribution in [-0.2, 0) is 9.16 Å². The maximum absolute atomic E-state index is 11.6. The third kappa shape index (κ3) is 5.06. The number of benzene rings is 3. The molecule has 0 aromatic heterocycles.